The number of nitrogens with zero attached hydrogens (tertiary/aromatic N) is 1. The van der Waals surface area contributed by atoms with Crippen LogP contribution >= 0.6 is 0 Å². The van der Waals surface area contributed by atoms with Gasteiger partial charge in [0.1, 0.15) is 0 Å². The zero-order valence-corrected chi connectivity index (χ0v) is 8.56. The Morgan fingerprint density at radius 2 is 2.07 bits per heavy atom. The van der Waals surface area contributed by atoms with Crippen molar-refractivity contribution in [2.75, 3.05) is 19.6 Å². The van der Waals surface area contributed by atoms with Gasteiger partial charge in [0.15, 0.2) is 0 Å². The predicted molar refractivity (Wildman–Crippen MR) is 50.0 cm³/mol. The van der Waals surface area contributed by atoms with E-state index < -0.39 is 12.7 Å². The number of hydrogen-bond acceptors (Lipinski definition) is 1. The van der Waals surface area contributed by atoms with Crippen LogP contribution in [0.15, 0.2) is 11.6 Å². The highest BCUT2D eigenvalue weighted by Crippen LogP contribution is 2.22. The highest BCUT2D eigenvalue weighted by atomic mass is 19.4. The first-order chi connectivity index (χ1) is 6.38. The minimum atomic E-state index is -4.07. The van der Waals surface area contributed by atoms with E-state index in [1.807, 2.05) is 6.08 Å². The van der Waals surface area contributed by atoms with Crippen LogP contribution in [-0.4, -0.2) is 30.7 Å². The monoisotopic (exact) mass is 207 g/mol. The number of rotatable bonds is 2. The Kier molecular flexibility index (Phi) is 3.59. The normalized spacial score (nSPS) is 20.0. The lowest BCUT2D eigenvalue weighted by Gasteiger charge is -2.28. The third kappa shape index (κ3) is 3.70. The number of alkyl halides is 3. The molecular weight excluding hydrogens is 191 g/mol. The molecule has 0 spiro atoms. The molecule has 0 bridgehead atoms. The molecule has 0 fully saturated rings. The van der Waals surface area contributed by atoms with Crippen molar-refractivity contribution in [1.82, 2.24) is 4.90 Å². The van der Waals surface area contributed by atoms with Gasteiger partial charge in [-0.1, -0.05) is 25.5 Å². The maximum Gasteiger partial charge on any atom is 0.401 e. The second-order valence-electron chi connectivity index (χ2n) is 4.03. The highest BCUT2D eigenvalue weighted by Gasteiger charge is 2.31. The minimum Gasteiger partial charge on any atom is -0.291 e. The molecule has 0 N–H and O–H groups in total. The van der Waals surface area contributed by atoms with Gasteiger partial charge in [-0.25, -0.2) is 0 Å². The van der Waals surface area contributed by atoms with Crippen LogP contribution in [0.4, 0.5) is 13.2 Å². The second kappa shape index (κ2) is 4.34. The Morgan fingerprint density at radius 1 is 1.43 bits per heavy atom. The van der Waals surface area contributed by atoms with Crippen molar-refractivity contribution in [3.05, 3.63) is 11.6 Å². The molecule has 1 aliphatic heterocycles. The largest absolute Gasteiger partial charge is 0.401 e. The second-order valence-corrected chi connectivity index (χ2v) is 4.03. The average Bonchev–Trinajstić information content (AvgIpc) is 2.02. The van der Waals surface area contributed by atoms with Gasteiger partial charge in [-0.05, 0) is 12.3 Å². The maximum atomic E-state index is 12.0. The minimum absolute atomic E-state index is 0.438. The standard InChI is InChI=1S/C10H16F3N/c1-8(2)9-3-5-14(6-4-9)7-10(11,12)13/h3,8H,4-7H2,1-2H3. The molecule has 1 nitrogen and oxygen atoms in total. The molecule has 4 heteroatoms. The lowest BCUT2D eigenvalue weighted by molar-refractivity contribution is -0.145. The molecule has 0 aromatic heterocycles. The molecule has 82 valence electrons. The van der Waals surface area contributed by atoms with Gasteiger partial charge in [0.2, 0.25) is 0 Å². The SMILES string of the molecule is CC(C)C1=CCN(CC(F)(F)F)CC1. The van der Waals surface area contributed by atoms with Crippen LogP contribution in [0.25, 0.3) is 0 Å². The fourth-order valence-electron chi connectivity index (χ4n) is 1.65. The third-order valence-corrected chi connectivity index (χ3v) is 2.47. The van der Waals surface area contributed by atoms with Gasteiger partial charge in [0, 0.05) is 13.1 Å². The van der Waals surface area contributed by atoms with Crippen LogP contribution < -0.4 is 0 Å². The molecule has 0 saturated heterocycles. The van der Waals surface area contributed by atoms with Gasteiger partial charge in [0.25, 0.3) is 0 Å². The molecule has 0 unspecified atom stereocenters. The first-order valence-electron chi connectivity index (χ1n) is 4.86. The van der Waals surface area contributed by atoms with Crippen molar-refractivity contribution in [3.8, 4) is 0 Å². The molecule has 0 aromatic rings. The van der Waals surface area contributed by atoms with Gasteiger partial charge in [0.05, 0.1) is 6.54 Å². The molecule has 0 aliphatic carbocycles. The van der Waals surface area contributed by atoms with E-state index in [1.165, 1.54) is 10.5 Å². The van der Waals surface area contributed by atoms with E-state index in [9.17, 15) is 13.2 Å². The number of hydrogen-bond donors (Lipinski definition) is 0. The Bertz CT molecular complexity index is 218. The molecule has 1 heterocycles. The van der Waals surface area contributed by atoms with E-state index in [-0.39, 0.29) is 0 Å². The zero-order chi connectivity index (χ0) is 10.8. The maximum absolute atomic E-state index is 12.0. The lowest BCUT2D eigenvalue weighted by Crippen LogP contribution is -2.37. The fourth-order valence-corrected chi connectivity index (χ4v) is 1.65. The van der Waals surface area contributed by atoms with Crippen molar-refractivity contribution >= 4 is 0 Å². The van der Waals surface area contributed by atoms with Crippen LogP contribution in [0.1, 0.15) is 20.3 Å². The Morgan fingerprint density at radius 3 is 2.43 bits per heavy atom. The molecule has 0 saturated carbocycles. The van der Waals surface area contributed by atoms with Crippen LogP contribution in [-0.2, 0) is 0 Å². The van der Waals surface area contributed by atoms with E-state index in [0.717, 1.165) is 6.42 Å². The van der Waals surface area contributed by atoms with Crippen molar-refractivity contribution in [3.63, 3.8) is 0 Å². The van der Waals surface area contributed by atoms with E-state index in [1.54, 1.807) is 0 Å². The third-order valence-electron chi connectivity index (χ3n) is 2.47. The summed E-state index contributed by atoms with van der Waals surface area (Å²) in [6, 6.07) is 0. The smallest absolute Gasteiger partial charge is 0.291 e. The first-order valence-corrected chi connectivity index (χ1v) is 4.86. The van der Waals surface area contributed by atoms with E-state index in [4.69, 9.17) is 0 Å². The topological polar surface area (TPSA) is 3.24 Å². The van der Waals surface area contributed by atoms with Gasteiger partial charge in [-0.2, -0.15) is 13.2 Å². The molecular formula is C10H16F3N. The summed E-state index contributed by atoms with van der Waals surface area (Å²) in [4.78, 5) is 1.44. The summed E-state index contributed by atoms with van der Waals surface area (Å²) in [7, 11) is 0. The Balaban J connectivity index is 2.43. The first kappa shape index (κ1) is 11.6. The molecule has 0 radical (unpaired) electrons. The van der Waals surface area contributed by atoms with Crippen molar-refractivity contribution < 1.29 is 13.2 Å². The van der Waals surface area contributed by atoms with E-state index >= 15 is 0 Å². The summed E-state index contributed by atoms with van der Waals surface area (Å²) in [6.07, 6.45) is -1.36. The van der Waals surface area contributed by atoms with Crippen molar-refractivity contribution in [1.29, 1.82) is 0 Å². The quantitative estimate of drug-likeness (QED) is 0.629. The molecule has 0 atom stereocenters. The summed E-state index contributed by atoms with van der Waals surface area (Å²) >= 11 is 0. The van der Waals surface area contributed by atoms with Gasteiger partial charge in [-0.15, -0.1) is 0 Å². The number of halogens is 3. The van der Waals surface area contributed by atoms with Gasteiger partial charge in [-0.3, -0.25) is 4.90 Å². The molecule has 1 rings (SSSR count). The van der Waals surface area contributed by atoms with Crippen molar-refractivity contribution in [2.45, 2.75) is 26.4 Å². The highest BCUT2D eigenvalue weighted by molar-refractivity contribution is 5.09. The summed E-state index contributed by atoms with van der Waals surface area (Å²) in [6.45, 7) is 4.34. The summed E-state index contributed by atoms with van der Waals surface area (Å²) in [5, 5.41) is 0. The molecule has 0 aromatic carbocycles. The van der Waals surface area contributed by atoms with Crippen LogP contribution in [0, 0.1) is 5.92 Å². The predicted octanol–water partition coefficient (Wildman–Crippen LogP) is 2.84. The molecule has 0 amide bonds. The average molecular weight is 207 g/mol. The van der Waals surface area contributed by atoms with Crippen LogP contribution in [0.5, 0.6) is 0 Å². The van der Waals surface area contributed by atoms with Crippen LogP contribution in [0.3, 0.4) is 0 Å². The summed E-state index contributed by atoms with van der Waals surface area (Å²) < 4.78 is 36.1. The summed E-state index contributed by atoms with van der Waals surface area (Å²) in [5.41, 5.74) is 1.28. The summed E-state index contributed by atoms with van der Waals surface area (Å²) in [5.74, 6) is 0.461. The Labute approximate surface area is 82.6 Å². The van der Waals surface area contributed by atoms with Gasteiger partial charge >= 0.3 is 6.18 Å². The van der Waals surface area contributed by atoms with E-state index in [0.29, 0.717) is 19.0 Å². The van der Waals surface area contributed by atoms with Crippen molar-refractivity contribution in [2.24, 2.45) is 5.92 Å². The van der Waals surface area contributed by atoms with Gasteiger partial charge < -0.3 is 0 Å². The van der Waals surface area contributed by atoms with Crippen LogP contribution in [0.2, 0.25) is 0 Å². The fraction of sp³-hybridized carbons (Fsp3) is 0.800. The molecule has 14 heavy (non-hydrogen) atoms. The van der Waals surface area contributed by atoms with E-state index in [2.05, 4.69) is 13.8 Å². The Hall–Kier alpha value is -0.510. The zero-order valence-electron chi connectivity index (χ0n) is 8.56. The molecule has 1 aliphatic rings. The lowest BCUT2D eigenvalue weighted by atomic mass is 9.97.